The molecule has 0 aliphatic carbocycles. The summed E-state index contributed by atoms with van der Waals surface area (Å²) in [5.74, 6) is -0.497. The van der Waals surface area contributed by atoms with Gasteiger partial charge in [0.15, 0.2) is 0 Å². The van der Waals surface area contributed by atoms with Gasteiger partial charge in [0, 0.05) is 32.2 Å². The summed E-state index contributed by atoms with van der Waals surface area (Å²) < 4.78 is 37.7. The van der Waals surface area contributed by atoms with E-state index in [0.29, 0.717) is 26.2 Å². The van der Waals surface area contributed by atoms with Crippen molar-refractivity contribution in [3.63, 3.8) is 0 Å². The van der Waals surface area contributed by atoms with Crippen molar-refractivity contribution >= 4 is 21.7 Å². The third kappa shape index (κ3) is 5.19. The molecule has 1 saturated heterocycles. The van der Waals surface area contributed by atoms with Crippen LogP contribution in [0, 0.1) is 10.1 Å². The minimum atomic E-state index is -3.87. The number of hydrogen-bond donors (Lipinski definition) is 0. The monoisotopic (exact) mass is 449 g/mol. The fraction of sp³-hybridized carbons (Fsp3) is 0.350. The Labute approximate surface area is 180 Å². The smallest absolute Gasteiger partial charge is 0.338 e. The maximum atomic E-state index is 12.9. The Bertz CT molecular complexity index is 1080. The van der Waals surface area contributed by atoms with E-state index in [9.17, 15) is 23.3 Å². The zero-order valence-electron chi connectivity index (χ0n) is 17.2. The normalized spacial score (nSPS) is 15.4. The first-order valence-corrected chi connectivity index (χ1v) is 11.1. The van der Waals surface area contributed by atoms with Crippen LogP contribution in [-0.4, -0.2) is 68.3 Å². The molecule has 0 radical (unpaired) electrons. The van der Waals surface area contributed by atoms with E-state index in [0.717, 1.165) is 6.07 Å². The lowest BCUT2D eigenvalue weighted by Gasteiger charge is -2.31. The molecule has 1 aliphatic heterocycles. The first-order chi connectivity index (χ1) is 14.7. The fourth-order valence-corrected chi connectivity index (χ4v) is 4.53. The highest BCUT2D eigenvalue weighted by molar-refractivity contribution is 7.89. The van der Waals surface area contributed by atoms with E-state index in [2.05, 4.69) is 0 Å². The molecule has 0 atom stereocenters. The van der Waals surface area contributed by atoms with Crippen molar-refractivity contribution in [2.75, 3.05) is 39.8 Å². The molecule has 10 nitrogen and oxygen atoms in total. The van der Waals surface area contributed by atoms with Gasteiger partial charge < -0.3 is 14.4 Å². The number of carbonyl (C=O) groups excluding carboxylic acids is 1. The number of benzene rings is 2. The molecule has 2 aromatic rings. The van der Waals surface area contributed by atoms with Crippen LogP contribution in [0.2, 0.25) is 0 Å². The zero-order chi connectivity index (χ0) is 22.6. The number of hydrogen-bond acceptors (Lipinski definition) is 8. The second-order valence-corrected chi connectivity index (χ2v) is 8.88. The molecule has 0 amide bonds. The highest BCUT2D eigenvalue weighted by Gasteiger charge is 2.30. The number of sulfonamides is 1. The van der Waals surface area contributed by atoms with Crippen molar-refractivity contribution < 1.29 is 27.6 Å². The zero-order valence-corrected chi connectivity index (χ0v) is 18.0. The fourth-order valence-electron chi connectivity index (χ4n) is 3.09. The third-order valence-corrected chi connectivity index (χ3v) is 6.69. The number of piperazine rings is 1. The van der Waals surface area contributed by atoms with Crippen molar-refractivity contribution in [2.24, 2.45) is 0 Å². The van der Waals surface area contributed by atoms with Gasteiger partial charge >= 0.3 is 11.7 Å². The molecule has 166 valence electrons. The van der Waals surface area contributed by atoms with Crippen LogP contribution in [0.25, 0.3) is 0 Å². The number of rotatable bonds is 7. The predicted octanol–water partition coefficient (Wildman–Crippen LogP) is 2.50. The maximum Gasteiger partial charge on any atom is 0.338 e. The van der Waals surface area contributed by atoms with E-state index in [1.54, 1.807) is 13.0 Å². The van der Waals surface area contributed by atoms with Crippen LogP contribution < -0.4 is 4.74 Å². The van der Waals surface area contributed by atoms with E-state index in [4.69, 9.17) is 9.47 Å². The van der Waals surface area contributed by atoms with E-state index < -0.39 is 26.6 Å². The number of carbonyl (C=O) groups is 1. The van der Waals surface area contributed by atoms with Gasteiger partial charge in [0.2, 0.25) is 15.8 Å². The molecular weight excluding hydrogens is 426 g/mol. The van der Waals surface area contributed by atoms with Crippen LogP contribution in [0.4, 0.5) is 5.69 Å². The molecule has 31 heavy (non-hydrogen) atoms. The van der Waals surface area contributed by atoms with Gasteiger partial charge in [-0.3, -0.25) is 10.1 Å². The summed E-state index contributed by atoms with van der Waals surface area (Å²) in [7, 11) is -1.97. The van der Waals surface area contributed by atoms with Gasteiger partial charge in [-0.25, -0.2) is 13.2 Å². The van der Waals surface area contributed by atoms with Crippen LogP contribution >= 0.6 is 0 Å². The van der Waals surface area contributed by atoms with Gasteiger partial charge in [0.05, 0.1) is 22.0 Å². The quantitative estimate of drug-likeness (QED) is 0.359. The predicted molar refractivity (Wildman–Crippen MR) is 112 cm³/mol. The Kier molecular flexibility index (Phi) is 6.88. The molecular formula is C20H23N3O7S. The molecule has 11 heteroatoms. The highest BCUT2D eigenvalue weighted by Crippen LogP contribution is 2.34. The number of likely N-dealkylation sites (N-methyl/N-ethyl adjacent to an activating group) is 1. The van der Waals surface area contributed by atoms with Crippen LogP contribution in [0.1, 0.15) is 17.3 Å². The summed E-state index contributed by atoms with van der Waals surface area (Å²) in [6.07, 6.45) is 0. The van der Waals surface area contributed by atoms with Crippen LogP contribution in [0.5, 0.6) is 11.5 Å². The topological polar surface area (TPSA) is 119 Å². The van der Waals surface area contributed by atoms with Crippen molar-refractivity contribution in [2.45, 2.75) is 11.8 Å². The lowest BCUT2D eigenvalue weighted by molar-refractivity contribution is -0.385. The van der Waals surface area contributed by atoms with Crippen molar-refractivity contribution in [3.8, 4) is 11.5 Å². The molecule has 1 fully saturated rings. The van der Waals surface area contributed by atoms with Crippen LogP contribution in [0.3, 0.4) is 0 Å². The summed E-state index contributed by atoms with van der Waals surface area (Å²) in [6, 6.07) is 9.55. The van der Waals surface area contributed by atoms with E-state index in [1.165, 1.54) is 34.6 Å². The molecule has 2 aromatic carbocycles. The van der Waals surface area contributed by atoms with Gasteiger partial charge in [-0.1, -0.05) is 6.07 Å². The third-order valence-electron chi connectivity index (χ3n) is 4.80. The Hall–Kier alpha value is -3.02. The van der Waals surface area contributed by atoms with Gasteiger partial charge in [0.1, 0.15) is 5.75 Å². The van der Waals surface area contributed by atoms with E-state index >= 15 is 0 Å². The first kappa shape index (κ1) is 22.7. The molecule has 1 heterocycles. The van der Waals surface area contributed by atoms with Crippen LogP contribution in [0.15, 0.2) is 47.4 Å². The maximum absolute atomic E-state index is 12.9. The van der Waals surface area contributed by atoms with E-state index in [1.807, 2.05) is 11.9 Å². The number of esters is 1. The molecule has 0 unspecified atom stereocenters. The minimum Gasteiger partial charge on any atom is -0.462 e. The van der Waals surface area contributed by atoms with Crippen molar-refractivity contribution in [1.29, 1.82) is 0 Å². The Morgan fingerprint density at radius 3 is 2.48 bits per heavy atom. The van der Waals surface area contributed by atoms with Gasteiger partial charge in [-0.05, 0) is 44.3 Å². The minimum absolute atomic E-state index is 0.136. The molecule has 0 N–H and O–H groups in total. The Morgan fingerprint density at radius 1 is 1.13 bits per heavy atom. The molecule has 0 bridgehead atoms. The summed E-state index contributed by atoms with van der Waals surface area (Å²) in [5, 5.41) is 11.6. The van der Waals surface area contributed by atoms with Gasteiger partial charge in [-0.2, -0.15) is 4.31 Å². The largest absolute Gasteiger partial charge is 0.462 e. The number of nitro benzene ring substituents is 1. The van der Waals surface area contributed by atoms with Crippen LogP contribution in [-0.2, 0) is 14.8 Å². The molecule has 0 saturated carbocycles. The standard InChI is InChI=1S/C20H23N3O7S/c1-3-29-20(24)15-5-4-6-16(13-15)30-19-8-7-17(14-18(19)23(25)26)31(27,28)22-11-9-21(2)10-12-22/h4-8,13-14H,3,9-12H2,1-2H3. The SMILES string of the molecule is CCOC(=O)c1cccc(Oc2ccc(S(=O)(=O)N3CCN(C)CC3)cc2[N+](=O)[O-])c1. The highest BCUT2D eigenvalue weighted by atomic mass is 32.2. The van der Waals surface area contributed by atoms with Crippen molar-refractivity contribution in [1.82, 2.24) is 9.21 Å². The summed E-state index contributed by atoms with van der Waals surface area (Å²) in [5.41, 5.74) is -0.256. The second kappa shape index (κ2) is 9.41. The van der Waals surface area contributed by atoms with Gasteiger partial charge in [-0.15, -0.1) is 0 Å². The molecule has 3 rings (SSSR count). The number of nitrogens with zero attached hydrogens (tertiary/aromatic N) is 3. The summed E-state index contributed by atoms with van der Waals surface area (Å²) >= 11 is 0. The lowest BCUT2D eigenvalue weighted by atomic mass is 10.2. The first-order valence-electron chi connectivity index (χ1n) is 9.64. The van der Waals surface area contributed by atoms with E-state index in [-0.39, 0.29) is 28.6 Å². The number of ether oxygens (including phenoxy) is 2. The molecule has 0 aromatic heterocycles. The average Bonchev–Trinajstić information content (AvgIpc) is 2.74. The number of nitro groups is 1. The van der Waals surface area contributed by atoms with Gasteiger partial charge in [0.25, 0.3) is 0 Å². The average molecular weight is 449 g/mol. The Morgan fingerprint density at radius 2 is 1.84 bits per heavy atom. The summed E-state index contributed by atoms with van der Waals surface area (Å²) in [6.45, 7) is 3.67. The lowest BCUT2D eigenvalue weighted by Crippen LogP contribution is -2.47. The summed E-state index contributed by atoms with van der Waals surface area (Å²) in [4.78, 5) is 24.6. The Balaban J connectivity index is 1.89. The second-order valence-electron chi connectivity index (χ2n) is 6.94. The molecule has 1 aliphatic rings. The molecule has 0 spiro atoms. The van der Waals surface area contributed by atoms with Crippen molar-refractivity contribution in [3.05, 3.63) is 58.1 Å².